The summed E-state index contributed by atoms with van der Waals surface area (Å²) < 4.78 is 13.9. The first kappa shape index (κ1) is 17.5. The fraction of sp³-hybridized carbons (Fsp3) is 0.263. The lowest BCUT2D eigenvalue weighted by Gasteiger charge is -2.24. The standard InChI is InChI=1S/C19H19FN2O2S/c1-3-17(23)21-14-7-5-13(6-8-14)19-22(18(24)11-25-19)15-9-4-12(2)16(20)10-15/h4-10,19H,3,11H2,1-2H3,(H,21,23)/t19-/m1/s1. The van der Waals surface area contributed by atoms with Gasteiger partial charge in [-0.2, -0.15) is 0 Å². The van der Waals surface area contributed by atoms with E-state index in [9.17, 15) is 14.0 Å². The van der Waals surface area contributed by atoms with Gasteiger partial charge < -0.3 is 5.32 Å². The summed E-state index contributed by atoms with van der Waals surface area (Å²) in [6, 6.07) is 12.3. The maximum absolute atomic E-state index is 13.9. The minimum absolute atomic E-state index is 0.0402. The number of rotatable bonds is 4. The van der Waals surface area contributed by atoms with E-state index in [1.54, 1.807) is 30.9 Å². The summed E-state index contributed by atoms with van der Waals surface area (Å²) in [5.41, 5.74) is 2.77. The second-order valence-corrected chi connectivity index (χ2v) is 6.95. The monoisotopic (exact) mass is 358 g/mol. The average Bonchev–Trinajstić information content (AvgIpc) is 2.99. The van der Waals surface area contributed by atoms with E-state index in [1.165, 1.54) is 17.8 Å². The number of nitrogens with one attached hydrogen (secondary N) is 1. The molecule has 130 valence electrons. The summed E-state index contributed by atoms with van der Waals surface area (Å²) in [5, 5.41) is 2.60. The number of amides is 2. The molecule has 4 nitrogen and oxygen atoms in total. The summed E-state index contributed by atoms with van der Waals surface area (Å²) in [6.07, 6.45) is 0.418. The van der Waals surface area contributed by atoms with Gasteiger partial charge in [0.1, 0.15) is 11.2 Å². The van der Waals surface area contributed by atoms with E-state index < -0.39 is 0 Å². The molecule has 1 N–H and O–H groups in total. The number of benzene rings is 2. The second-order valence-electron chi connectivity index (χ2n) is 5.88. The van der Waals surface area contributed by atoms with Crippen LogP contribution >= 0.6 is 11.8 Å². The van der Waals surface area contributed by atoms with Gasteiger partial charge in [-0.1, -0.05) is 25.1 Å². The predicted octanol–water partition coefficient (Wildman–Crippen LogP) is 4.26. The number of hydrogen-bond donors (Lipinski definition) is 1. The van der Waals surface area contributed by atoms with Crippen molar-refractivity contribution in [2.45, 2.75) is 25.6 Å². The van der Waals surface area contributed by atoms with E-state index in [4.69, 9.17) is 0 Å². The van der Waals surface area contributed by atoms with Crippen molar-refractivity contribution >= 4 is 35.0 Å². The van der Waals surface area contributed by atoms with Crippen molar-refractivity contribution in [2.24, 2.45) is 0 Å². The fourth-order valence-electron chi connectivity index (χ4n) is 2.66. The highest BCUT2D eigenvalue weighted by atomic mass is 32.2. The third-order valence-electron chi connectivity index (χ3n) is 4.10. The zero-order chi connectivity index (χ0) is 18.0. The molecular weight excluding hydrogens is 339 g/mol. The van der Waals surface area contributed by atoms with Crippen molar-refractivity contribution < 1.29 is 14.0 Å². The molecule has 0 unspecified atom stereocenters. The molecule has 2 aromatic carbocycles. The van der Waals surface area contributed by atoms with Crippen molar-refractivity contribution in [3.05, 3.63) is 59.4 Å². The van der Waals surface area contributed by atoms with Crippen LogP contribution < -0.4 is 10.2 Å². The van der Waals surface area contributed by atoms with Crippen molar-refractivity contribution in [2.75, 3.05) is 16.0 Å². The Kier molecular flexibility index (Phi) is 5.08. The van der Waals surface area contributed by atoms with Crippen LogP contribution in [0, 0.1) is 12.7 Å². The molecule has 2 aromatic rings. The normalized spacial score (nSPS) is 17.0. The van der Waals surface area contributed by atoms with Gasteiger partial charge in [-0.15, -0.1) is 11.8 Å². The second kappa shape index (κ2) is 7.27. The molecule has 2 amide bonds. The molecule has 1 aliphatic rings. The smallest absolute Gasteiger partial charge is 0.238 e. The number of halogens is 1. The van der Waals surface area contributed by atoms with Crippen LogP contribution in [0.3, 0.4) is 0 Å². The Morgan fingerprint density at radius 3 is 2.64 bits per heavy atom. The molecule has 25 heavy (non-hydrogen) atoms. The number of carbonyl (C=O) groups excluding carboxylic acids is 2. The third kappa shape index (κ3) is 3.69. The zero-order valence-corrected chi connectivity index (χ0v) is 14.9. The minimum atomic E-state index is -0.321. The maximum Gasteiger partial charge on any atom is 0.238 e. The molecule has 0 radical (unpaired) electrons. The first-order chi connectivity index (χ1) is 12.0. The van der Waals surface area contributed by atoms with Crippen molar-refractivity contribution in [3.63, 3.8) is 0 Å². The van der Waals surface area contributed by atoms with Crippen LogP contribution in [-0.4, -0.2) is 17.6 Å². The number of aryl methyl sites for hydroxylation is 1. The quantitative estimate of drug-likeness (QED) is 0.888. The Morgan fingerprint density at radius 1 is 1.28 bits per heavy atom. The number of thioether (sulfide) groups is 1. The molecule has 1 fully saturated rings. The van der Waals surface area contributed by atoms with E-state index in [2.05, 4.69) is 5.32 Å². The third-order valence-corrected chi connectivity index (χ3v) is 5.31. The van der Waals surface area contributed by atoms with Crippen LogP contribution in [0.15, 0.2) is 42.5 Å². The lowest BCUT2D eigenvalue weighted by molar-refractivity contribution is -0.116. The summed E-state index contributed by atoms with van der Waals surface area (Å²) in [6.45, 7) is 3.49. The van der Waals surface area contributed by atoms with Gasteiger partial charge in [0, 0.05) is 17.8 Å². The summed E-state index contributed by atoms with van der Waals surface area (Å²) >= 11 is 1.51. The number of nitrogens with zero attached hydrogens (tertiary/aromatic N) is 1. The molecule has 6 heteroatoms. The zero-order valence-electron chi connectivity index (χ0n) is 14.1. The summed E-state index contributed by atoms with van der Waals surface area (Å²) in [4.78, 5) is 25.4. The van der Waals surface area contributed by atoms with Crippen LogP contribution in [0.25, 0.3) is 0 Å². The largest absolute Gasteiger partial charge is 0.326 e. The minimum Gasteiger partial charge on any atom is -0.326 e. The molecule has 0 aromatic heterocycles. The molecular formula is C19H19FN2O2S. The maximum atomic E-state index is 13.9. The molecule has 1 saturated heterocycles. The van der Waals surface area contributed by atoms with Gasteiger partial charge in [-0.3, -0.25) is 14.5 Å². The Bertz CT molecular complexity index is 808. The molecule has 0 spiro atoms. The summed E-state index contributed by atoms with van der Waals surface area (Å²) in [7, 11) is 0. The highest BCUT2D eigenvalue weighted by molar-refractivity contribution is 8.00. The van der Waals surface area contributed by atoms with Gasteiger partial charge in [-0.05, 0) is 42.3 Å². The molecule has 0 saturated carbocycles. The lowest BCUT2D eigenvalue weighted by Crippen LogP contribution is -2.27. The van der Waals surface area contributed by atoms with E-state index in [0.29, 0.717) is 23.4 Å². The Balaban J connectivity index is 1.86. The van der Waals surface area contributed by atoms with Crippen LogP contribution in [-0.2, 0) is 9.59 Å². The number of hydrogen-bond acceptors (Lipinski definition) is 3. The molecule has 0 aliphatic carbocycles. The predicted molar refractivity (Wildman–Crippen MR) is 99.2 cm³/mol. The molecule has 3 rings (SSSR count). The first-order valence-electron chi connectivity index (χ1n) is 8.09. The SMILES string of the molecule is CCC(=O)Nc1ccc([C@H]2SCC(=O)N2c2ccc(C)c(F)c2)cc1. The van der Waals surface area contributed by atoms with E-state index >= 15 is 0 Å². The molecule has 1 aliphatic heterocycles. The van der Waals surface area contributed by atoms with Gasteiger partial charge >= 0.3 is 0 Å². The molecule has 1 atom stereocenters. The van der Waals surface area contributed by atoms with E-state index in [0.717, 1.165) is 11.3 Å². The van der Waals surface area contributed by atoms with Crippen molar-refractivity contribution in [3.8, 4) is 0 Å². The van der Waals surface area contributed by atoms with Gasteiger partial charge in [0.25, 0.3) is 0 Å². The van der Waals surface area contributed by atoms with Gasteiger partial charge in [0.15, 0.2) is 0 Å². The van der Waals surface area contributed by atoms with Crippen LogP contribution in [0.5, 0.6) is 0 Å². The van der Waals surface area contributed by atoms with E-state index in [-0.39, 0.29) is 23.0 Å². The highest BCUT2D eigenvalue weighted by Crippen LogP contribution is 2.42. The molecule has 1 heterocycles. The van der Waals surface area contributed by atoms with Gasteiger partial charge in [0.2, 0.25) is 11.8 Å². The van der Waals surface area contributed by atoms with Crippen LogP contribution in [0.1, 0.15) is 29.8 Å². The number of anilines is 2. The van der Waals surface area contributed by atoms with Gasteiger partial charge in [0.05, 0.1) is 5.75 Å². The Labute approximate surface area is 150 Å². The Hall–Kier alpha value is -2.34. The summed E-state index contributed by atoms with van der Waals surface area (Å²) in [5.74, 6) is -0.0517. The average molecular weight is 358 g/mol. The van der Waals surface area contributed by atoms with Gasteiger partial charge in [-0.25, -0.2) is 4.39 Å². The number of carbonyl (C=O) groups is 2. The first-order valence-corrected chi connectivity index (χ1v) is 9.14. The fourth-order valence-corrected chi connectivity index (χ4v) is 3.84. The Morgan fingerprint density at radius 2 is 2.00 bits per heavy atom. The topological polar surface area (TPSA) is 49.4 Å². The van der Waals surface area contributed by atoms with Crippen LogP contribution in [0.2, 0.25) is 0 Å². The lowest BCUT2D eigenvalue weighted by atomic mass is 10.1. The van der Waals surface area contributed by atoms with E-state index in [1.807, 2.05) is 24.3 Å². The van der Waals surface area contributed by atoms with Crippen molar-refractivity contribution in [1.29, 1.82) is 0 Å². The highest BCUT2D eigenvalue weighted by Gasteiger charge is 2.34. The molecule has 0 bridgehead atoms. The van der Waals surface area contributed by atoms with Crippen molar-refractivity contribution in [1.82, 2.24) is 0 Å². The van der Waals surface area contributed by atoms with Crippen LogP contribution in [0.4, 0.5) is 15.8 Å².